The summed E-state index contributed by atoms with van der Waals surface area (Å²) >= 11 is 0. The van der Waals surface area contributed by atoms with E-state index >= 15 is 0 Å². The molecule has 0 spiro atoms. The number of aliphatic hydroxyl groups is 1. The van der Waals surface area contributed by atoms with Crippen LogP contribution < -0.4 is 0 Å². The van der Waals surface area contributed by atoms with Crippen LogP contribution >= 0.6 is 0 Å². The standard InChI is InChI=1S/C25H32N2O3/c1-25(2,3)21-11-9-20(10-12-21)24(30)26-14-13-23(29)27(16-15-26)22(18-28)17-19-7-5-4-6-8-19/h4-12,22,28H,13-18H2,1-3H3/t22-/m0/s1. The summed E-state index contributed by atoms with van der Waals surface area (Å²) in [5, 5.41) is 9.92. The molecule has 3 rings (SSSR count). The summed E-state index contributed by atoms with van der Waals surface area (Å²) < 4.78 is 0. The number of carbonyl (C=O) groups excluding carboxylic acids is 2. The molecule has 1 fully saturated rings. The summed E-state index contributed by atoms with van der Waals surface area (Å²) in [6, 6.07) is 17.3. The van der Waals surface area contributed by atoms with Gasteiger partial charge in [-0.25, -0.2) is 0 Å². The van der Waals surface area contributed by atoms with Crippen molar-refractivity contribution in [2.45, 2.75) is 45.1 Å². The number of aliphatic hydroxyl groups excluding tert-OH is 1. The van der Waals surface area contributed by atoms with Crippen molar-refractivity contribution in [1.29, 1.82) is 0 Å². The number of amides is 2. The zero-order valence-electron chi connectivity index (χ0n) is 18.2. The van der Waals surface area contributed by atoms with Crippen molar-refractivity contribution in [2.75, 3.05) is 26.2 Å². The molecule has 160 valence electrons. The lowest BCUT2D eigenvalue weighted by Crippen LogP contribution is -2.45. The van der Waals surface area contributed by atoms with Crippen LogP contribution in [0.3, 0.4) is 0 Å². The number of benzene rings is 2. The van der Waals surface area contributed by atoms with E-state index in [1.807, 2.05) is 54.6 Å². The summed E-state index contributed by atoms with van der Waals surface area (Å²) in [4.78, 5) is 29.2. The van der Waals surface area contributed by atoms with Gasteiger partial charge in [-0.05, 0) is 35.1 Å². The van der Waals surface area contributed by atoms with Crippen molar-refractivity contribution in [3.05, 3.63) is 71.3 Å². The Bertz CT molecular complexity index is 856. The highest BCUT2D eigenvalue weighted by molar-refractivity contribution is 5.94. The van der Waals surface area contributed by atoms with Crippen LogP contribution in [0.5, 0.6) is 0 Å². The molecule has 2 aromatic carbocycles. The summed E-state index contributed by atoms with van der Waals surface area (Å²) in [5.74, 6) is -0.0583. The fourth-order valence-electron chi connectivity index (χ4n) is 3.88. The van der Waals surface area contributed by atoms with Crippen molar-refractivity contribution >= 4 is 11.8 Å². The zero-order valence-corrected chi connectivity index (χ0v) is 18.2. The molecule has 0 unspecified atom stereocenters. The van der Waals surface area contributed by atoms with Crippen LogP contribution in [-0.2, 0) is 16.6 Å². The smallest absolute Gasteiger partial charge is 0.253 e. The summed E-state index contributed by atoms with van der Waals surface area (Å²) in [6.07, 6.45) is 0.877. The number of nitrogens with zero attached hydrogens (tertiary/aromatic N) is 2. The highest BCUT2D eigenvalue weighted by Crippen LogP contribution is 2.23. The molecule has 0 radical (unpaired) electrons. The van der Waals surface area contributed by atoms with Crippen molar-refractivity contribution in [1.82, 2.24) is 9.80 Å². The van der Waals surface area contributed by atoms with Crippen LogP contribution in [0.25, 0.3) is 0 Å². The average Bonchev–Trinajstić information content (AvgIpc) is 2.93. The van der Waals surface area contributed by atoms with Crippen LogP contribution in [-0.4, -0.2) is 59.0 Å². The molecule has 5 heteroatoms. The van der Waals surface area contributed by atoms with Gasteiger partial charge in [0.15, 0.2) is 0 Å². The Kier molecular flexibility index (Phi) is 6.93. The Morgan fingerprint density at radius 2 is 1.67 bits per heavy atom. The number of carbonyl (C=O) groups is 2. The van der Waals surface area contributed by atoms with Gasteiger partial charge >= 0.3 is 0 Å². The van der Waals surface area contributed by atoms with E-state index in [1.54, 1.807) is 9.80 Å². The fraction of sp³-hybridized carbons (Fsp3) is 0.440. The van der Waals surface area contributed by atoms with Crippen LogP contribution in [0.1, 0.15) is 48.7 Å². The molecule has 1 saturated heterocycles. The van der Waals surface area contributed by atoms with Crippen molar-refractivity contribution in [3.8, 4) is 0 Å². The van der Waals surface area contributed by atoms with E-state index in [0.717, 1.165) is 5.56 Å². The Labute approximate surface area is 179 Å². The van der Waals surface area contributed by atoms with Crippen molar-refractivity contribution in [2.24, 2.45) is 0 Å². The first-order valence-electron chi connectivity index (χ1n) is 10.6. The molecule has 30 heavy (non-hydrogen) atoms. The van der Waals surface area contributed by atoms with E-state index in [1.165, 1.54) is 5.56 Å². The van der Waals surface area contributed by atoms with Gasteiger partial charge in [-0.3, -0.25) is 9.59 Å². The van der Waals surface area contributed by atoms with Gasteiger partial charge < -0.3 is 14.9 Å². The molecule has 0 bridgehead atoms. The molecule has 2 aromatic rings. The third-order valence-electron chi connectivity index (χ3n) is 5.78. The third-order valence-corrected chi connectivity index (χ3v) is 5.78. The molecular formula is C25H32N2O3. The first kappa shape index (κ1) is 22.0. The minimum absolute atomic E-state index is 0.0108. The quantitative estimate of drug-likeness (QED) is 0.826. The van der Waals surface area contributed by atoms with E-state index in [0.29, 0.717) is 31.6 Å². The molecule has 1 aliphatic heterocycles. The Balaban J connectivity index is 1.68. The van der Waals surface area contributed by atoms with E-state index in [-0.39, 0.29) is 36.3 Å². The monoisotopic (exact) mass is 408 g/mol. The highest BCUT2D eigenvalue weighted by atomic mass is 16.3. The second-order valence-corrected chi connectivity index (χ2v) is 8.98. The lowest BCUT2D eigenvalue weighted by Gasteiger charge is -2.30. The second-order valence-electron chi connectivity index (χ2n) is 8.98. The van der Waals surface area contributed by atoms with Gasteiger partial charge in [-0.1, -0.05) is 63.2 Å². The first-order valence-corrected chi connectivity index (χ1v) is 10.6. The van der Waals surface area contributed by atoms with Gasteiger partial charge in [0.1, 0.15) is 0 Å². The van der Waals surface area contributed by atoms with Gasteiger partial charge in [-0.2, -0.15) is 0 Å². The number of hydrogen-bond acceptors (Lipinski definition) is 3. The maximum absolute atomic E-state index is 13.0. The predicted molar refractivity (Wildman–Crippen MR) is 118 cm³/mol. The molecule has 0 saturated carbocycles. The summed E-state index contributed by atoms with van der Waals surface area (Å²) in [7, 11) is 0. The molecule has 1 aliphatic rings. The topological polar surface area (TPSA) is 60.9 Å². The summed E-state index contributed by atoms with van der Waals surface area (Å²) in [6.45, 7) is 7.64. The van der Waals surface area contributed by atoms with Crippen LogP contribution in [0.15, 0.2) is 54.6 Å². The molecule has 1 N–H and O–H groups in total. The van der Waals surface area contributed by atoms with Gasteiger partial charge in [0, 0.05) is 31.6 Å². The van der Waals surface area contributed by atoms with E-state index < -0.39 is 0 Å². The maximum atomic E-state index is 13.0. The normalized spacial score (nSPS) is 16.3. The highest BCUT2D eigenvalue weighted by Gasteiger charge is 2.29. The Morgan fingerprint density at radius 1 is 1.00 bits per heavy atom. The minimum Gasteiger partial charge on any atom is -0.394 e. The molecule has 5 nitrogen and oxygen atoms in total. The number of hydrogen-bond donors (Lipinski definition) is 1. The van der Waals surface area contributed by atoms with Gasteiger partial charge in [0.05, 0.1) is 12.6 Å². The van der Waals surface area contributed by atoms with Crippen LogP contribution in [0, 0.1) is 0 Å². The van der Waals surface area contributed by atoms with Crippen LogP contribution in [0.4, 0.5) is 0 Å². The van der Waals surface area contributed by atoms with E-state index in [2.05, 4.69) is 20.8 Å². The summed E-state index contributed by atoms with van der Waals surface area (Å²) in [5.41, 5.74) is 2.95. The molecular weight excluding hydrogens is 376 g/mol. The molecule has 1 atom stereocenters. The largest absolute Gasteiger partial charge is 0.394 e. The Morgan fingerprint density at radius 3 is 2.27 bits per heavy atom. The van der Waals surface area contributed by atoms with Crippen molar-refractivity contribution < 1.29 is 14.7 Å². The van der Waals surface area contributed by atoms with Gasteiger partial charge in [0.2, 0.25) is 5.91 Å². The van der Waals surface area contributed by atoms with Gasteiger partial charge in [-0.15, -0.1) is 0 Å². The zero-order chi connectivity index (χ0) is 21.7. The molecule has 0 aromatic heterocycles. The lowest BCUT2D eigenvalue weighted by atomic mass is 9.86. The lowest BCUT2D eigenvalue weighted by molar-refractivity contribution is -0.133. The van der Waals surface area contributed by atoms with Gasteiger partial charge in [0.25, 0.3) is 5.91 Å². The van der Waals surface area contributed by atoms with Crippen LogP contribution in [0.2, 0.25) is 0 Å². The molecule has 0 aliphatic carbocycles. The molecule has 2 amide bonds. The van der Waals surface area contributed by atoms with E-state index in [9.17, 15) is 14.7 Å². The SMILES string of the molecule is CC(C)(C)c1ccc(C(=O)N2CCC(=O)N([C@H](CO)Cc3ccccc3)CC2)cc1. The Hall–Kier alpha value is -2.66. The maximum Gasteiger partial charge on any atom is 0.253 e. The average molecular weight is 409 g/mol. The van der Waals surface area contributed by atoms with Crippen molar-refractivity contribution in [3.63, 3.8) is 0 Å². The predicted octanol–water partition coefficient (Wildman–Crippen LogP) is 3.26. The minimum atomic E-state index is -0.277. The van der Waals surface area contributed by atoms with E-state index in [4.69, 9.17) is 0 Å². The first-order chi connectivity index (χ1) is 14.3. The fourth-order valence-corrected chi connectivity index (χ4v) is 3.88. The second kappa shape index (κ2) is 9.43. The molecule has 1 heterocycles. The number of rotatable bonds is 5. The third kappa shape index (κ3) is 5.28.